The Labute approximate surface area is 144 Å². The number of hydrogen-bond donors (Lipinski definition) is 0. The molecule has 0 radical (unpaired) electrons. The van der Waals surface area contributed by atoms with Gasteiger partial charge in [0.1, 0.15) is 0 Å². The Bertz CT molecular complexity index is 933. The fourth-order valence-electron chi connectivity index (χ4n) is 3.24. The summed E-state index contributed by atoms with van der Waals surface area (Å²) in [6.07, 6.45) is 3.52. The molecule has 3 aromatic rings. The highest BCUT2D eigenvalue weighted by atomic mass is 32.1. The van der Waals surface area contributed by atoms with Crippen molar-refractivity contribution in [2.45, 2.75) is 26.3 Å². The first-order chi connectivity index (χ1) is 11.5. The number of pyridine rings is 1. The number of nitrogens with zero attached hydrogens (tertiary/aromatic N) is 4. The topological polar surface area (TPSA) is 49.3 Å². The van der Waals surface area contributed by atoms with E-state index in [1.165, 1.54) is 0 Å². The second-order valence-electron chi connectivity index (χ2n) is 6.68. The van der Waals surface area contributed by atoms with E-state index in [1.54, 1.807) is 23.7 Å². The number of thiazole rings is 1. The molecule has 1 saturated heterocycles. The molecule has 5 nitrogen and oxygen atoms in total. The molecule has 2 amide bonds. The van der Waals surface area contributed by atoms with Crippen LogP contribution in [-0.4, -0.2) is 28.1 Å². The van der Waals surface area contributed by atoms with Crippen LogP contribution >= 0.6 is 11.3 Å². The third-order valence-corrected chi connectivity index (χ3v) is 5.24. The van der Waals surface area contributed by atoms with Gasteiger partial charge in [0, 0.05) is 11.9 Å². The monoisotopic (exact) mass is 338 g/mol. The number of aromatic nitrogens is 2. The number of benzene rings is 1. The predicted octanol–water partition coefficient (Wildman–Crippen LogP) is 4.22. The summed E-state index contributed by atoms with van der Waals surface area (Å²) in [5.74, 6) is 0. The van der Waals surface area contributed by atoms with Gasteiger partial charge in [0.05, 0.1) is 39.7 Å². The minimum atomic E-state index is -0.312. The molecule has 1 aliphatic heterocycles. The normalized spacial score (nSPS) is 17.0. The number of anilines is 2. The summed E-state index contributed by atoms with van der Waals surface area (Å²) in [5.41, 5.74) is 5.31. The summed E-state index contributed by atoms with van der Waals surface area (Å²) in [5, 5.41) is 0. The summed E-state index contributed by atoms with van der Waals surface area (Å²) in [6.45, 7) is 6.81. The molecule has 122 valence electrons. The van der Waals surface area contributed by atoms with Gasteiger partial charge in [0.2, 0.25) is 0 Å². The van der Waals surface area contributed by atoms with E-state index in [9.17, 15) is 4.79 Å². The van der Waals surface area contributed by atoms with E-state index < -0.39 is 0 Å². The van der Waals surface area contributed by atoms with Crippen LogP contribution in [0.25, 0.3) is 10.2 Å². The Morgan fingerprint density at radius 1 is 1.25 bits per heavy atom. The van der Waals surface area contributed by atoms with E-state index in [0.29, 0.717) is 6.54 Å². The lowest BCUT2D eigenvalue weighted by Crippen LogP contribution is -2.42. The van der Waals surface area contributed by atoms with Crippen LogP contribution in [0.1, 0.15) is 19.4 Å². The van der Waals surface area contributed by atoms with Gasteiger partial charge in [-0.25, -0.2) is 9.78 Å². The van der Waals surface area contributed by atoms with Crippen LogP contribution < -0.4 is 9.80 Å². The SMILES string of the molecule is Cc1ccncc1N1C(=O)N(c2ccc3ncsc3c2)CC1(C)C. The van der Waals surface area contributed by atoms with Crippen molar-refractivity contribution < 1.29 is 4.79 Å². The maximum atomic E-state index is 13.2. The predicted molar refractivity (Wildman–Crippen MR) is 97.9 cm³/mol. The lowest BCUT2D eigenvalue weighted by molar-refractivity contribution is 0.254. The zero-order valence-electron chi connectivity index (χ0n) is 13.9. The number of hydrogen-bond acceptors (Lipinski definition) is 4. The zero-order valence-corrected chi connectivity index (χ0v) is 14.7. The molecule has 4 rings (SSSR count). The van der Waals surface area contributed by atoms with Crippen molar-refractivity contribution in [2.75, 3.05) is 16.3 Å². The van der Waals surface area contributed by atoms with E-state index in [1.807, 2.05) is 46.5 Å². The van der Waals surface area contributed by atoms with Crippen LogP contribution in [0.3, 0.4) is 0 Å². The van der Waals surface area contributed by atoms with Crippen molar-refractivity contribution in [3.8, 4) is 0 Å². The Kier molecular flexibility index (Phi) is 3.31. The van der Waals surface area contributed by atoms with Crippen molar-refractivity contribution >= 4 is 39.0 Å². The van der Waals surface area contributed by atoms with Crippen LogP contribution in [0.15, 0.2) is 42.2 Å². The number of carbonyl (C=O) groups is 1. The molecule has 1 aromatic carbocycles. The van der Waals surface area contributed by atoms with Gasteiger partial charge in [0.25, 0.3) is 0 Å². The van der Waals surface area contributed by atoms with Gasteiger partial charge < -0.3 is 0 Å². The molecule has 0 atom stereocenters. The van der Waals surface area contributed by atoms with Crippen LogP contribution in [0.2, 0.25) is 0 Å². The number of rotatable bonds is 2. The maximum Gasteiger partial charge on any atom is 0.329 e. The Morgan fingerprint density at radius 2 is 2.08 bits per heavy atom. The fraction of sp³-hybridized carbons (Fsp3) is 0.278. The highest BCUT2D eigenvalue weighted by Gasteiger charge is 2.45. The smallest absolute Gasteiger partial charge is 0.292 e. The summed E-state index contributed by atoms with van der Waals surface area (Å²) < 4.78 is 1.09. The number of aryl methyl sites for hydroxylation is 1. The van der Waals surface area contributed by atoms with E-state index in [0.717, 1.165) is 27.2 Å². The second-order valence-corrected chi connectivity index (χ2v) is 7.57. The molecular weight excluding hydrogens is 320 g/mol. The standard InChI is InChI=1S/C18H18N4OS/c1-12-6-7-19-9-15(12)22-17(23)21(10-18(22,2)3)13-4-5-14-16(8-13)24-11-20-14/h4-9,11H,10H2,1-3H3. The van der Waals surface area contributed by atoms with E-state index >= 15 is 0 Å². The van der Waals surface area contributed by atoms with Crippen molar-refractivity contribution in [2.24, 2.45) is 0 Å². The Morgan fingerprint density at radius 3 is 2.88 bits per heavy atom. The van der Waals surface area contributed by atoms with Gasteiger partial charge in [-0.05, 0) is 50.6 Å². The molecule has 0 unspecified atom stereocenters. The number of urea groups is 1. The van der Waals surface area contributed by atoms with Gasteiger partial charge in [-0.1, -0.05) is 0 Å². The molecule has 24 heavy (non-hydrogen) atoms. The highest BCUT2D eigenvalue weighted by molar-refractivity contribution is 7.16. The summed E-state index contributed by atoms with van der Waals surface area (Å²) in [4.78, 5) is 25.4. The van der Waals surface area contributed by atoms with Crippen LogP contribution in [0, 0.1) is 6.92 Å². The average molecular weight is 338 g/mol. The van der Waals surface area contributed by atoms with Gasteiger partial charge in [-0.2, -0.15) is 0 Å². The number of fused-ring (bicyclic) bond motifs is 1. The lowest BCUT2D eigenvalue weighted by atomic mass is 10.0. The molecule has 1 fully saturated rings. The van der Waals surface area contributed by atoms with Gasteiger partial charge in [0.15, 0.2) is 0 Å². The summed E-state index contributed by atoms with van der Waals surface area (Å²) >= 11 is 1.59. The third-order valence-electron chi connectivity index (χ3n) is 4.45. The van der Waals surface area contributed by atoms with Crippen LogP contribution in [0.5, 0.6) is 0 Å². The van der Waals surface area contributed by atoms with Gasteiger partial charge in [-0.15, -0.1) is 11.3 Å². The molecular formula is C18H18N4OS. The summed E-state index contributed by atoms with van der Waals surface area (Å²) in [6, 6.07) is 7.90. The summed E-state index contributed by atoms with van der Waals surface area (Å²) in [7, 11) is 0. The van der Waals surface area contributed by atoms with Crippen LogP contribution in [-0.2, 0) is 0 Å². The van der Waals surface area contributed by atoms with Crippen molar-refractivity contribution in [1.82, 2.24) is 9.97 Å². The molecule has 0 spiro atoms. The largest absolute Gasteiger partial charge is 0.329 e. The minimum Gasteiger partial charge on any atom is -0.292 e. The molecule has 0 aliphatic carbocycles. The Balaban J connectivity index is 1.77. The molecule has 0 bridgehead atoms. The molecule has 3 heterocycles. The minimum absolute atomic E-state index is 0.0139. The first-order valence-corrected chi connectivity index (χ1v) is 8.71. The van der Waals surface area contributed by atoms with Gasteiger partial charge >= 0.3 is 6.03 Å². The third kappa shape index (κ3) is 2.26. The molecule has 6 heteroatoms. The molecule has 0 N–H and O–H groups in total. The number of amides is 2. The maximum absolute atomic E-state index is 13.2. The zero-order chi connectivity index (χ0) is 16.9. The van der Waals surface area contributed by atoms with E-state index in [2.05, 4.69) is 23.8 Å². The van der Waals surface area contributed by atoms with Crippen molar-refractivity contribution in [1.29, 1.82) is 0 Å². The number of carbonyl (C=O) groups excluding carboxylic acids is 1. The van der Waals surface area contributed by atoms with E-state index in [4.69, 9.17) is 0 Å². The first kappa shape index (κ1) is 15.1. The quantitative estimate of drug-likeness (QED) is 0.703. The van der Waals surface area contributed by atoms with Crippen molar-refractivity contribution in [3.05, 3.63) is 47.7 Å². The second kappa shape index (κ2) is 5.27. The van der Waals surface area contributed by atoms with Crippen LogP contribution in [0.4, 0.5) is 16.2 Å². The average Bonchev–Trinajstić information content (AvgIpc) is 3.10. The molecule has 2 aromatic heterocycles. The molecule has 1 aliphatic rings. The van der Waals surface area contributed by atoms with E-state index in [-0.39, 0.29) is 11.6 Å². The fourth-order valence-corrected chi connectivity index (χ4v) is 3.95. The van der Waals surface area contributed by atoms with Crippen molar-refractivity contribution in [3.63, 3.8) is 0 Å². The highest BCUT2D eigenvalue weighted by Crippen LogP contribution is 2.37. The molecule has 0 saturated carbocycles. The first-order valence-electron chi connectivity index (χ1n) is 7.83. The lowest BCUT2D eigenvalue weighted by Gasteiger charge is -2.30. The Hall–Kier alpha value is -2.47. The van der Waals surface area contributed by atoms with Gasteiger partial charge in [-0.3, -0.25) is 14.8 Å².